The Labute approximate surface area is 127 Å². The van der Waals surface area contributed by atoms with Crippen LogP contribution in [-0.4, -0.2) is 56.6 Å². The summed E-state index contributed by atoms with van der Waals surface area (Å²) in [6, 6.07) is 3.72. The molecular weight excluding hydrogens is 274 g/mol. The van der Waals surface area contributed by atoms with Gasteiger partial charge in [-0.05, 0) is 76.2 Å². The molecule has 5 heteroatoms. The van der Waals surface area contributed by atoms with Gasteiger partial charge in [-0.1, -0.05) is 0 Å². The van der Waals surface area contributed by atoms with Crippen molar-refractivity contribution in [3.63, 3.8) is 0 Å². The van der Waals surface area contributed by atoms with Crippen LogP contribution in [0.1, 0.15) is 18.6 Å². The number of hydrogen-bond acceptors (Lipinski definition) is 4. The first-order valence-electron chi connectivity index (χ1n) is 7.45. The number of piperidine rings is 1. The molecule has 0 atom stereocenters. The SMILES string of the molecule is CN(C)CCN1CCC(CNCc2ccc(Cl)o2)CC1. The molecule has 0 aliphatic carbocycles. The third kappa shape index (κ3) is 5.44. The summed E-state index contributed by atoms with van der Waals surface area (Å²) < 4.78 is 5.33. The van der Waals surface area contributed by atoms with E-state index in [-0.39, 0.29) is 0 Å². The van der Waals surface area contributed by atoms with Crippen LogP contribution >= 0.6 is 11.6 Å². The van der Waals surface area contributed by atoms with Gasteiger partial charge in [-0.3, -0.25) is 0 Å². The van der Waals surface area contributed by atoms with Crippen LogP contribution in [0.2, 0.25) is 5.22 Å². The van der Waals surface area contributed by atoms with E-state index in [1.807, 2.05) is 6.07 Å². The van der Waals surface area contributed by atoms with Crippen molar-refractivity contribution in [3.05, 3.63) is 23.1 Å². The molecule has 0 amide bonds. The summed E-state index contributed by atoms with van der Waals surface area (Å²) in [5, 5.41) is 3.94. The summed E-state index contributed by atoms with van der Waals surface area (Å²) in [6.45, 7) is 6.65. The molecule has 1 saturated heterocycles. The van der Waals surface area contributed by atoms with Crippen molar-refractivity contribution in [1.82, 2.24) is 15.1 Å². The van der Waals surface area contributed by atoms with Crippen molar-refractivity contribution in [2.45, 2.75) is 19.4 Å². The molecule has 1 fully saturated rings. The number of furan rings is 1. The van der Waals surface area contributed by atoms with Gasteiger partial charge in [0.1, 0.15) is 5.76 Å². The largest absolute Gasteiger partial charge is 0.448 e. The lowest BCUT2D eigenvalue weighted by molar-refractivity contribution is 0.168. The second kappa shape index (κ2) is 8.03. The van der Waals surface area contributed by atoms with E-state index in [4.69, 9.17) is 16.0 Å². The molecule has 1 N–H and O–H groups in total. The van der Waals surface area contributed by atoms with Crippen LogP contribution in [0.25, 0.3) is 0 Å². The standard InChI is InChI=1S/C15H26ClN3O/c1-18(2)9-10-19-7-5-13(6-8-19)11-17-12-14-3-4-15(16)20-14/h3-4,13,17H,5-12H2,1-2H3. The highest BCUT2D eigenvalue weighted by Crippen LogP contribution is 2.17. The fourth-order valence-electron chi connectivity index (χ4n) is 2.60. The van der Waals surface area contributed by atoms with Gasteiger partial charge in [-0.15, -0.1) is 0 Å². The zero-order valence-electron chi connectivity index (χ0n) is 12.6. The Balaban J connectivity index is 1.57. The van der Waals surface area contributed by atoms with Crippen LogP contribution in [0.15, 0.2) is 16.5 Å². The zero-order chi connectivity index (χ0) is 14.4. The summed E-state index contributed by atoms with van der Waals surface area (Å²) in [4.78, 5) is 4.82. The maximum Gasteiger partial charge on any atom is 0.193 e. The van der Waals surface area contributed by atoms with Gasteiger partial charge in [-0.2, -0.15) is 0 Å². The van der Waals surface area contributed by atoms with Gasteiger partial charge in [0.15, 0.2) is 5.22 Å². The Hall–Kier alpha value is -0.550. The Morgan fingerprint density at radius 2 is 2.10 bits per heavy atom. The Bertz CT molecular complexity index is 386. The van der Waals surface area contributed by atoms with Gasteiger partial charge < -0.3 is 19.5 Å². The first-order valence-corrected chi connectivity index (χ1v) is 7.83. The highest BCUT2D eigenvalue weighted by atomic mass is 35.5. The third-order valence-corrected chi connectivity index (χ3v) is 4.13. The number of nitrogens with one attached hydrogen (secondary N) is 1. The topological polar surface area (TPSA) is 31.6 Å². The number of likely N-dealkylation sites (tertiary alicyclic amines) is 1. The van der Waals surface area contributed by atoms with Crippen molar-refractivity contribution in [1.29, 1.82) is 0 Å². The first-order chi connectivity index (χ1) is 9.63. The normalized spacial score (nSPS) is 18.0. The third-order valence-electron chi connectivity index (χ3n) is 3.93. The van der Waals surface area contributed by atoms with Crippen LogP contribution in [-0.2, 0) is 6.54 Å². The van der Waals surface area contributed by atoms with E-state index < -0.39 is 0 Å². The lowest BCUT2D eigenvalue weighted by Crippen LogP contribution is -2.40. The molecule has 1 aliphatic rings. The average molecular weight is 300 g/mol. The monoisotopic (exact) mass is 299 g/mol. The molecule has 1 aliphatic heterocycles. The van der Waals surface area contributed by atoms with Gasteiger partial charge in [0.2, 0.25) is 0 Å². The Morgan fingerprint density at radius 3 is 2.70 bits per heavy atom. The van der Waals surface area contributed by atoms with Crippen LogP contribution in [0.3, 0.4) is 0 Å². The van der Waals surface area contributed by atoms with Crippen molar-refractivity contribution in [3.8, 4) is 0 Å². The minimum atomic E-state index is 0.469. The smallest absolute Gasteiger partial charge is 0.193 e. The van der Waals surface area contributed by atoms with Crippen molar-refractivity contribution < 1.29 is 4.42 Å². The van der Waals surface area contributed by atoms with E-state index in [2.05, 4.69) is 29.2 Å². The second-order valence-corrected chi connectivity index (χ2v) is 6.30. The fraction of sp³-hybridized carbons (Fsp3) is 0.733. The molecule has 0 radical (unpaired) electrons. The van der Waals surface area contributed by atoms with Gasteiger partial charge in [0.05, 0.1) is 6.54 Å². The van der Waals surface area contributed by atoms with E-state index in [9.17, 15) is 0 Å². The van der Waals surface area contributed by atoms with Gasteiger partial charge in [0.25, 0.3) is 0 Å². The van der Waals surface area contributed by atoms with E-state index >= 15 is 0 Å². The lowest BCUT2D eigenvalue weighted by Gasteiger charge is -2.32. The molecule has 0 unspecified atom stereocenters. The van der Waals surface area contributed by atoms with Crippen LogP contribution < -0.4 is 5.32 Å². The van der Waals surface area contributed by atoms with Crippen LogP contribution in [0.5, 0.6) is 0 Å². The Kier molecular flexibility index (Phi) is 6.36. The first kappa shape index (κ1) is 15.8. The lowest BCUT2D eigenvalue weighted by atomic mass is 9.97. The average Bonchev–Trinajstić information content (AvgIpc) is 2.83. The molecular formula is C15H26ClN3O. The Morgan fingerprint density at radius 1 is 1.35 bits per heavy atom. The molecule has 4 nitrogen and oxygen atoms in total. The van der Waals surface area contributed by atoms with Crippen molar-refractivity contribution in [2.24, 2.45) is 5.92 Å². The van der Waals surface area contributed by atoms with E-state index in [0.29, 0.717) is 5.22 Å². The summed E-state index contributed by atoms with van der Waals surface area (Å²) in [6.07, 6.45) is 2.58. The van der Waals surface area contributed by atoms with E-state index in [1.165, 1.54) is 32.5 Å². The number of halogens is 1. The van der Waals surface area contributed by atoms with E-state index in [0.717, 1.165) is 31.3 Å². The number of rotatable bonds is 7. The minimum absolute atomic E-state index is 0.469. The minimum Gasteiger partial charge on any atom is -0.448 e. The van der Waals surface area contributed by atoms with Crippen molar-refractivity contribution in [2.75, 3.05) is 46.8 Å². The molecule has 0 spiro atoms. The number of hydrogen-bond donors (Lipinski definition) is 1. The van der Waals surface area contributed by atoms with Gasteiger partial charge in [-0.25, -0.2) is 0 Å². The quantitative estimate of drug-likeness (QED) is 0.837. The molecule has 0 saturated carbocycles. The predicted molar refractivity (Wildman–Crippen MR) is 83.1 cm³/mol. The second-order valence-electron chi connectivity index (χ2n) is 5.93. The number of likely N-dealkylation sites (N-methyl/N-ethyl adjacent to an activating group) is 1. The van der Waals surface area contributed by atoms with Crippen molar-refractivity contribution >= 4 is 11.6 Å². The van der Waals surface area contributed by atoms with Crippen LogP contribution in [0, 0.1) is 5.92 Å². The molecule has 2 rings (SSSR count). The highest BCUT2D eigenvalue weighted by Gasteiger charge is 2.18. The summed E-state index contributed by atoms with van der Waals surface area (Å²) >= 11 is 5.75. The van der Waals surface area contributed by atoms with Gasteiger partial charge in [0, 0.05) is 13.1 Å². The summed E-state index contributed by atoms with van der Waals surface area (Å²) in [5.74, 6) is 1.70. The van der Waals surface area contributed by atoms with Gasteiger partial charge >= 0.3 is 0 Å². The maximum absolute atomic E-state index is 5.75. The summed E-state index contributed by atoms with van der Waals surface area (Å²) in [5.41, 5.74) is 0. The summed E-state index contributed by atoms with van der Waals surface area (Å²) in [7, 11) is 4.27. The fourth-order valence-corrected chi connectivity index (χ4v) is 2.76. The molecule has 1 aromatic heterocycles. The van der Waals surface area contributed by atoms with E-state index in [1.54, 1.807) is 6.07 Å². The zero-order valence-corrected chi connectivity index (χ0v) is 13.3. The molecule has 2 heterocycles. The molecule has 20 heavy (non-hydrogen) atoms. The molecule has 114 valence electrons. The van der Waals surface area contributed by atoms with Crippen LogP contribution in [0.4, 0.5) is 0 Å². The molecule has 1 aromatic rings. The molecule has 0 bridgehead atoms. The molecule has 0 aromatic carbocycles. The highest BCUT2D eigenvalue weighted by molar-refractivity contribution is 6.28. The maximum atomic E-state index is 5.75. The number of nitrogens with zero attached hydrogens (tertiary/aromatic N) is 2. The predicted octanol–water partition coefficient (Wildman–Crippen LogP) is 2.30.